The number of aliphatic hydroxyl groups is 1. The minimum atomic E-state index is -0.184. The van der Waals surface area contributed by atoms with Crippen LogP contribution in [0.4, 0.5) is 11.4 Å². The number of nitrogens with zero attached hydrogens (tertiary/aromatic N) is 1. The lowest BCUT2D eigenvalue weighted by Gasteiger charge is -2.32. The lowest BCUT2D eigenvalue weighted by Crippen LogP contribution is -2.36. The van der Waals surface area contributed by atoms with E-state index in [1.165, 1.54) is 19.3 Å². The maximum Gasteiger partial charge on any atom is 0.224 e. The number of nitrogens with one attached hydrogen (secondary N) is 1. The second kappa shape index (κ2) is 9.56. The summed E-state index contributed by atoms with van der Waals surface area (Å²) in [6.07, 6.45) is 7.79. The number of aliphatic hydroxyl groups excluding tert-OH is 1. The molecule has 4 nitrogen and oxygen atoms in total. The Labute approximate surface area is 139 Å². The number of para-hydroxylation sites is 2. The summed E-state index contributed by atoms with van der Waals surface area (Å²) in [5, 5.41) is 12.7. The van der Waals surface area contributed by atoms with Gasteiger partial charge >= 0.3 is 0 Å². The zero-order valence-electron chi connectivity index (χ0n) is 14.3. The van der Waals surface area contributed by atoms with Crippen molar-refractivity contribution in [2.45, 2.75) is 64.4 Å². The molecule has 1 aliphatic heterocycles. The molecule has 1 aromatic carbocycles. The third-order valence-electron chi connectivity index (χ3n) is 4.49. The Bertz CT molecular complexity index is 482. The van der Waals surface area contributed by atoms with Crippen molar-refractivity contribution < 1.29 is 9.90 Å². The van der Waals surface area contributed by atoms with Gasteiger partial charge in [-0.25, -0.2) is 0 Å². The Kier molecular flexibility index (Phi) is 7.40. The molecule has 1 aliphatic rings. The molecule has 0 atom stereocenters. The number of piperidine rings is 1. The average molecular weight is 318 g/mol. The first-order chi connectivity index (χ1) is 11.2. The van der Waals surface area contributed by atoms with E-state index in [2.05, 4.69) is 23.2 Å². The molecule has 0 aliphatic carbocycles. The van der Waals surface area contributed by atoms with Crippen LogP contribution in [0.25, 0.3) is 0 Å². The number of carbonyl (C=O) groups is 1. The highest BCUT2D eigenvalue weighted by Crippen LogP contribution is 2.28. The van der Waals surface area contributed by atoms with Crippen LogP contribution in [-0.4, -0.2) is 30.2 Å². The van der Waals surface area contributed by atoms with Gasteiger partial charge in [-0.2, -0.15) is 0 Å². The van der Waals surface area contributed by atoms with Crippen LogP contribution >= 0.6 is 0 Å². The summed E-state index contributed by atoms with van der Waals surface area (Å²) < 4.78 is 0. The molecule has 2 N–H and O–H groups in total. The Morgan fingerprint density at radius 3 is 2.61 bits per heavy atom. The number of amides is 1. The summed E-state index contributed by atoms with van der Waals surface area (Å²) >= 11 is 0. The molecular weight excluding hydrogens is 288 g/mol. The van der Waals surface area contributed by atoms with Crippen molar-refractivity contribution in [1.29, 1.82) is 0 Å². The molecular formula is C19H30N2O2. The van der Waals surface area contributed by atoms with E-state index in [-0.39, 0.29) is 12.0 Å². The molecule has 0 saturated carbocycles. The van der Waals surface area contributed by atoms with Gasteiger partial charge in [0.15, 0.2) is 0 Å². The van der Waals surface area contributed by atoms with Gasteiger partial charge in [0.05, 0.1) is 17.5 Å². The predicted molar refractivity (Wildman–Crippen MR) is 95.9 cm³/mol. The minimum absolute atomic E-state index is 0.103. The van der Waals surface area contributed by atoms with E-state index in [0.717, 1.165) is 50.1 Å². The number of hydrogen-bond donors (Lipinski definition) is 2. The second-order valence-electron chi connectivity index (χ2n) is 6.45. The molecule has 1 aromatic rings. The number of hydrogen-bond acceptors (Lipinski definition) is 3. The van der Waals surface area contributed by atoms with Crippen molar-refractivity contribution in [3.05, 3.63) is 24.3 Å². The van der Waals surface area contributed by atoms with Gasteiger partial charge < -0.3 is 15.3 Å². The van der Waals surface area contributed by atoms with Crippen molar-refractivity contribution in [2.75, 3.05) is 23.3 Å². The van der Waals surface area contributed by atoms with E-state index >= 15 is 0 Å². The fourth-order valence-corrected chi connectivity index (χ4v) is 3.06. The summed E-state index contributed by atoms with van der Waals surface area (Å²) in [4.78, 5) is 14.4. The maximum atomic E-state index is 12.2. The van der Waals surface area contributed by atoms with E-state index in [0.29, 0.717) is 6.42 Å². The number of carbonyl (C=O) groups excluding carboxylic acids is 1. The maximum absolute atomic E-state index is 12.2. The van der Waals surface area contributed by atoms with Gasteiger partial charge in [0, 0.05) is 19.5 Å². The van der Waals surface area contributed by atoms with Crippen molar-refractivity contribution in [3.8, 4) is 0 Å². The van der Waals surface area contributed by atoms with E-state index in [4.69, 9.17) is 0 Å². The molecule has 0 aromatic heterocycles. The van der Waals surface area contributed by atoms with Crippen LogP contribution in [0.3, 0.4) is 0 Å². The van der Waals surface area contributed by atoms with Crippen molar-refractivity contribution in [3.63, 3.8) is 0 Å². The first-order valence-electron chi connectivity index (χ1n) is 9.02. The molecule has 1 fully saturated rings. The number of unbranched alkanes of at least 4 members (excludes halogenated alkanes) is 4. The van der Waals surface area contributed by atoms with Gasteiger partial charge in [-0.15, -0.1) is 0 Å². The summed E-state index contributed by atoms with van der Waals surface area (Å²) in [5.41, 5.74) is 1.96. The summed E-state index contributed by atoms with van der Waals surface area (Å²) in [7, 11) is 0. The van der Waals surface area contributed by atoms with Crippen molar-refractivity contribution in [2.24, 2.45) is 0 Å². The van der Waals surface area contributed by atoms with Crippen LogP contribution < -0.4 is 10.2 Å². The van der Waals surface area contributed by atoms with Crippen LogP contribution in [0.5, 0.6) is 0 Å². The highest BCUT2D eigenvalue weighted by atomic mass is 16.3. The van der Waals surface area contributed by atoms with Gasteiger partial charge in [0.1, 0.15) is 0 Å². The quantitative estimate of drug-likeness (QED) is 0.714. The fourth-order valence-electron chi connectivity index (χ4n) is 3.06. The highest BCUT2D eigenvalue weighted by Gasteiger charge is 2.19. The molecule has 2 rings (SSSR count). The lowest BCUT2D eigenvalue weighted by atomic mass is 10.1. The first kappa shape index (κ1) is 17.8. The largest absolute Gasteiger partial charge is 0.393 e. The summed E-state index contributed by atoms with van der Waals surface area (Å²) in [6.45, 7) is 3.87. The summed E-state index contributed by atoms with van der Waals surface area (Å²) in [6, 6.07) is 7.98. The third-order valence-corrected chi connectivity index (χ3v) is 4.49. The molecule has 0 spiro atoms. The zero-order valence-corrected chi connectivity index (χ0v) is 14.3. The molecule has 1 heterocycles. The topological polar surface area (TPSA) is 52.6 Å². The average Bonchev–Trinajstić information content (AvgIpc) is 2.56. The molecule has 1 saturated heterocycles. The molecule has 128 valence electrons. The third kappa shape index (κ3) is 5.87. The van der Waals surface area contributed by atoms with Gasteiger partial charge in [-0.05, 0) is 31.4 Å². The second-order valence-corrected chi connectivity index (χ2v) is 6.45. The normalized spacial score (nSPS) is 15.7. The lowest BCUT2D eigenvalue weighted by molar-refractivity contribution is -0.116. The Balaban J connectivity index is 1.86. The van der Waals surface area contributed by atoms with Gasteiger partial charge in [0.2, 0.25) is 5.91 Å². The molecule has 0 unspecified atom stereocenters. The van der Waals surface area contributed by atoms with E-state index in [9.17, 15) is 9.90 Å². The fraction of sp³-hybridized carbons (Fsp3) is 0.632. The van der Waals surface area contributed by atoms with Crippen LogP contribution in [0, 0.1) is 0 Å². The predicted octanol–water partition coefficient (Wildman–Crippen LogP) is 3.95. The molecule has 4 heteroatoms. The SMILES string of the molecule is CCCCCCCC(=O)Nc1ccccc1N1CCC(O)CC1. The van der Waals surface area contributed by atoms with Crippen LogP contribution in [0.15, 0.2) is 24.3 Å². The first-order valence-corrected chi connectivity index (χ1v) is 9.02. The standard InChI is InChI=1S/C19H30N2O2/c1-2-3-4-5-6-11-19(23)20-17-9-7-8-10-18(17)21-14-12-16(22)13-15-21/h7-10,16,22H,2-6,11-15H2,1H3,(H,20,23). The van der Waals surface area contributed by atoms with Crippen molar-refractivity contribution in [1.82, 2.24) is 0 Å². The van der Waals surface area contributed by atoms with E-state index in [1.807, 2.05) is 18.2 Å². The Morgan fingerprint density at radius 1 is 1.17 bits per heavy atom. The smallest absolute Gasteiger partial charge is 0.224 e. The number of rotatable bonds is 8. The monoisotopic (exact) mass is 318 g/mol. The Morgan fingerprint density at radius 2 is 1.87 bits per heavy atom. The van der Waals surface area contributed by atoms with E-state index < -0.39 is 0 Å². The van der Waals surface area contributed by atoms with Gasteiger partial charge in [-0.3, -0.25) is 4.79 Å². The van der Waals surface area contributed by atoms with Gasteiger partial charge in [0.25, 0.3) is 0 Å². The van der Waals surface area contributed by atoms with Crippen LogP contribution in [0.2, 0.25) is 0 Å². The number of benzene rings is 1. The number of anilines is 2. The van der Waals surface area contributed by atoms with Crippen LogP contribution in [0.1, 0.15) is 58.3 Å². The molecule has 0 bridgehead atoms. The van der Waals surface area contributed by atoms with E-state index in [1.54, 1.807) is 0 Å². The molecule has 23 heavy (non-hydrogen) atoms. The highest BCUT2D eigenvalue weighted by molar-refractivity contribution is 5.94. The van der Waals surface area contributed by atoms with Gasteiger partial charge in [-0.1, -0.05) is 44.7 Å². The molecule has 0 radical (unpaired) electrons. The summed E-state index contributed by atoms with van der Waals surface area (Å²) in [5.74, 6) is 0.103. The Hall–Kier alpha value is -1.55. The minimum Gasteiger partial charge on any atom is -0.393 e. The van der Waals surface area contributed by atoms with Crippen LogP contribution in [-0.2, 0) is 4.79 Å². The molecule has 1 amide bonds. The van der Waals surface area contributed by atoms with Crippen molar-refractivity contribution >= 4 is 17.3 Å². The zero-order chi connectivity index (χ0) is 16.5.